The van der Waals surface area contributed by atoms with Gasteiger partial charge in [0.2, 0.25) is 0 Å². The van der Waals surface area contributed by atoms with Gasteiger partial charge in [0.15, 0.2) is 0 Å². The molecule has 0 amide bonds. The third-order valence-electron chi connectivity index (χ3n) is 4.11. The molecule has 23 heavy (non-hydrogen) atoms. The van der Waals surface area contributed by atoms with Gasteiger partial charge in [-0.05, 0) is 25.0 Å². The highest BCUT2D eigenvalue weighted by molar-refractivity contribution is 5.94. The number of aryl methyl sites for hydroxylation is 1. The summed E-state index contributed by atoms with van der Waals surface area (Å²) in [5.74, 6) is 0. The summed E-state index contributed by atoms with van der Waals surface area (Å²) in [4.78, 5) is 4.55. The molecule has 0 aliphatic heterocycles. The molecule has 1 heterocycles. The standard InChI is InChI=1S/C20H19N3/c1-3-18(15-9-5-4-6-10-15)23-20-16-11-7-8-12-19(16)22-14(2)17(20)13-21/h4-12,18H,3H2,1-2H3,(H,22,23)/t18-/m1/s1. The summed E-state index contributed by atoms with van der Waals surface area (Å²) < 4.78 is 0. The molecule has 3 nitrogen and oxygen atoms in total. The summed E-state index contributed by atoms with van der Waals surface area (Å²) >= 11 is 0. The number of hydrogen-bond acceptors (Lipinski definition) is 3. The van der Waals surface area contributed by atoms with Crippen molar-refractivity contribution in [2.75, 3.05) is 5.32 Å². The second-order valence-corrected chi connectivity index (χ2v) is 5.59. The van der Waals surface area contributed by atoms with Crippen LogP contribution in [0.1, 0.15) is 36.2 Å². The Morgan fingerprint density at radius 3 is 2.48 bits per heavy atom. The third-order valence-corrected chi connectivity index (χ3v) is 4.11. The van der Waals surface area contributed by atoms with Gasteiger partial charge in [-0.15, -0.1) is 0 Å². The number of aromatic nitrogens is 1. The fourth-order valence-corrected chi connectivity index (χ4v) is 2.90. The maximum Gasteiger partial charge on any atom is 0.103 e. The monoisotopic (exact) mass is 301 g/mol. The van der Waals surface area contributed by atoms with Gasteiger partial charge in [-0.2, -0.15) is 5.26 Å². The van der Waals surface area contributed by atoms with Gasteiger partial charge < -0.3 is 5.32 Å². The number of nitriles is 1. The summed E-state index contributed by atoms with van der Waals surface area (Å²) in [7, 11) is 0. The van der Waals surface area contributed by atoms with Crippen molar-refractivity contribution in [2.45, 2.75) is 26.3 Å². The number of rotatable bonds is 4. The molecular formula is C20H19N3. The summed E-state index contributed by atoms with van der Waals surface area (Å²) in [6, 6.07) is 20.8. The Balaban J connectivity index is 2.13. The zero-order valence-corrected chi connectivity index (χ0v) is 13.4. The third kappa shape index (κ3) is 2.89. The first-order chi connectivity index (χ1) is 11.2. The van der Waals surface area contributed by atoms with Crippen LogP contribution in [-0.4, -0.2) is 4.98 Å². The number of nitrogens with zero attached hydrogens (tertiary/aromatic N) is 2. The molecule has 3 rings (SSSR count). The number of pyridine rings is 1. The summed E-state index contributed by atoms with van der Waals surface area (Å²) in [6.45, 7) is 4.03. The van der Waals surface area contributed by atoms with Crippen LogP contribution in [0.25, 0.3) is 10.9 Å². The molecule has 0 fully saturated rings. The first-order valence-electron chi connectivity index (χ1n) is 7.85. The highest BCUT2D eigenvalue weighted by Gasteiger charge is 2.16. The Bertz CT molecular complexity index is 863. The van der Waals surface area contributed by atoms with E-state index in [0.29, 0.717) is 5.56 Å². The molecule has 1 aromatic heterocycles. The van der Waals surface area contributed by atoms with E-state index >= 15 is 0 Å². The Morgan fingerprint density at radius 1 is 1.09 bits per heavy atom. The lowest BCUT2D eigenvalue weighted by atomic mass is 10.0. The predicted molar refractivity (Wildman–Crippen MR) is 94.3 cm³/mol. The molecule has 0 aliphatic carbocycles. The van der Waals surface area contributed by atoms with E-state index in [4.69, 9.17) is 0 Å². The van der Waals surface area contributed by atoms with E-state index in [1.54, 1.807) is 0 Å². The van der Waals surface area contributed by atoms with Gasteiger partial charge in [0.25, 0.3) is 0 Å². The van der Waals surface area contributed by atoms with Gasteiger partial charge in [0.05, 0.1) is 28.5 Å². The van der Waals surface area contributed by atoms with Crippen LogP contribution in [0.5, 0.6) is 0 Å². The van der Waals surface area contributed by atoms with Crippen molar-refractivity contribution >= 4 is 16.6 Å². The van der Waals surface area contributed by atoms with Crippen LogP contribution in [0.2, 0.25) is 0 Å². The minimum atomic E-state index is 0.161. The molecule has 1 atom stereocenters. The number of fused-ring (bicyclic) bond motifs is 1. The first-order valence-corrected chi connectivity index (χ1v) is 7.85. The van der Waals surface area contributed by atoms with Crippen LogP contribution < -0.4 is 5.32 Å². The Labute approximate surface area is 136 Å². The van der Waals surface area contributed by atoms with Crippen molar-refractivity contribution in [2.24, 2.45) is 0 Å². The van der Waals surface area contributed by atoms with Gasteiger partial charge in [-0.3, -0.25) is 4.98 Å². The topological polar surface area (TPSA) is 48.7 Å². The average molecular weight is 301 g/mol. The molecule has 0 spiro atoms. The second-order valence-electron chi connectivity index (χ2n) is 5.59. The average Bonchev–Trinajstić information content (AvgIpc) is 2.60. The highest BCUT2D eigenvalue weighted by Crippen LogP contribution is 2.32. The largest absolute Gasteiger partial charge is 0.377 e. The van der Waals surface area contributed by atoms with E-state index in [9.17, 15) is 5.26 Å². The molecule has 1 N–H and O–H groups in total. The van der Waals surface area contributed by atoms with E-state index in [-0.39, 0.29) is 6.04 Å². The molecule has 3 heteroatoms. The predicted octanol–water partition coefficient (Wildman–Crippen LogP) is 4.98. The van der Waals surface area contributed by atoms with Crippen LogP contribution in [0.3, 0.4) is 0 Å². The Morgan fingerprint density at radius 2 is 1.78 bits per heavy atom. The van der Waals surface area contributed by atoms with Gasteiger partial charge in [0, 0.05) is 5.39 Å². The number of benzene rings is 2. The van der Waals surface area contributed by atoms with Crippen molar-refractivity contribution in [1.82, 2.24) is 4.98 Å². The SMILES string of the molecule is CC[C@@H](Nc1c(C#N)c(C)nc2ccccc12)c1ccccc1. The maximum atomic E-state index is 9.58. The molecular weight excluding hydrogens is 282 g/mol. The van der Waals surface area contributed by atoms with Gasteiger partial charge in [-0.1, -0.05) is 55.5 Å². The van der Waals surface area contributed by atoms with E-state index in [1.165, 1.54) is 5.56 Å². The smallest absolute Gasteiger partial charge is 0.103 e. The van der Waals surface area contributed by atoms with Crippen LogP contribution in [0, 0.1) is 18.3 Å². The summed E-state index contributed by atoms with van der Waals surface area (Å²) in [5, 5.41) is 14.2. The van der Waals surface area contributed by atoms with Crippen molar-refractivity contribution in [3.63, 3.8) is 0 Å². The molecule has 0 saturated heterocycles. The van der Waals surface area contributed by atoms with Gasteiger partial charge in [0.1, 0.15) is 6.07 Å². The summed E-state index contributed by atoms with van der Waals surface area (Å²) in [5.41, 5.74) is 4.40. The van der Waals surface area contributed by atoms with E-state index in [2.05, 4.69) is 35.4 Å². The number of anilines is 1. The second kappa shape index (κ2) is 6.50. The molecule has 0 unspecified atom stereocenters. The fraction of sp³-hybridized carbons (Fsp3) is 0.200. The number of hydrogen-bond donors (Lipinski definition) is 1. The van der Waals surface area contributed by atoms with Crippen molar-refractivity contribution < 1.29 is 0 Å². The molecule has 0 radical (unpaired) electrons. The van der Waals surface area contributed by atoms with Crippen LogP contribution >= 0.6 is 0 Å². The van der Waals surface area contributed by atoms with Gasteiger partial charge >= 0.3 is 0 Å². The molecule has 114 valence electrons. The zero-order chi connectivity index (χ0) is 16.2. The van der Waals surface area contributed by atoms with Crippen LogP contribution in [-0.2, 0) is 0 Å². The zero-order valence-electron chi connectivity index (χ0n) is 13.4. The van der Waals surface area contributed by atoms with Gasteiger partial charge in [-0.25, -0.2) is 0 Å². The summed E-state index contributed by atoms with van der Waals surface area (Å²) in [6.07, 6.45) is 0.935. The lowest BCUT2D eigenvalue weighted by molar-refractivity contribution is 0.750. The fourth-order valence-electron chi connectivity index (χ4n) is 2.90. The van der Waals surface area contributed by atoms with Crippen molar-refractivity contribution in [1.29, 1.82) is 5.26 Å². The quantitative estimate of drug-likeness (QED) is 0.739. The first kappa shape index (κ1) is 15.1. The number of para-hydroxylation sites is 1. The molecule has 0 aliphatic rings. The van der Waals surface area contributed by atoms with Crippen LogP contribution in [0.4, 0.5) is 5.69 Å². The van der Waals surface area contributed by atoms with E-state index in [0.717, 1.165) is 28.7 Å². The van der Waals surface area contributed by atoms with Crippen LogP contribution in [0.15, 0.2) is 54.6 Å². The van der Waals surface area contributed by atoms with Crippen molar-refractivity contribution in [3.8, 4) is 6.07 Å². The number of nitrogens with one attached hydrogen (secondary N) is 1. The van der Waals surface area contributed by atoms with Crippen molar-refractivity contribution in [3.05, 3.63) is 71.4 Å². The molecule has 3 aromatic rings. The lowest BCUT2D eigenvalue weighted by Gasteiger charge is -2.21. The van der Waals surface area contributed by atoms with E-state index < -0.39 is 0 Å². The van der Waals surface area contributed by atoms with E-state index in [1.807, 2.05) is 49.4 Å². The highest BCUT2D eigenvalue weighted by atomic mass is 14.9. The minimum absolute atomic E-state index is 0.161. The minimum Gasteiger partial charge on any atom is -0.377 e. The molecule has 2 aromatic carbocycles. The molecule has 0 bridgehead atoms. The normalized spacial score (nSPS) is 11.9. The Hall–Kier alpha value is -2.86. The molecule has 0 saturated carbocycles. The lowest BCUT2D eigenvalue weighted by Crippen LogP contribution is -2.12. The Kier molecular flexibility index (Phi) is 4.25. The maximum absolute atomic E-state index is 9.58.